The standard InChI is InChI=1S/C26H24FN7OS/c1-16-6-7-18(10-21(16)27)34-12-20-24(32-34)30-15-31-25(20)33-9-8-28-22(13-33)26(35)29-11-17-14-36-23-5-3-2-4-19(17)23/h2-7,10,12,14-15,22,28H,8-9,11,13H2,1H3,(H,29,35). The lowest BCUT2D eigenvalue weighted by atomic mass is 10.1. The molecule has 2 aromatic carbocycles. The van der Waals surface area contributed by atoms with E-state index in [-0.39, 0.29) is 17.8 Å². The Morgan fingerprint density at radius 1 is 1.22 bits per heavy atom. The van der Waals surface area contributed by atoms with Crippen LogP contribution in [0.3, 0.4) is 0 Å². The molecule has 1 saturated heterocycles. The zero-order valence-corrected chi connectivity index (χ0v) is 20.4. The van der Waals surface area contributed by atoms with E-state index in [1.807, 2.05) is 24.4 Å². The summed E-state index contributed by atoms with van der Waals surface area (Å²) in [5.41, 5.74) is 2.83. The van der Waals surface area contributed by atoms with Gasteiger partial charge in [-0.2, -0.15) is 0 Å². The van der Waals surface area contributed by atoms with Crippen molar-refractivity contribution in [3.05, 3.63) is 77.3 Å². The fourth-order valence-electron chi connectivity index (χ4n) is 4.53. The van der Waals surface area contributed by atoms with Gasteiger partial charge in [0.25, 0.3) is 0 Å². The van der Waals surface area contributed by atoms with Crippen molar-refractivity contribution in [1.82, 2.24) is 30.4 Å². The summed E-state index contributed by atoms with van der Waals surface area (Å²) in [4.78, 5) is 23.9. The van der Waals surface area contributed by atoms with Crippen molar-refractivity contribution < 1.29 is 9.18 Å². The molecule has 182 valence electrons. The molecule has 0 saturated carbocycles. The lowest BCUT2D eigenvalue weighted by molar-refractivity contribution is -0.123. The van der Waals surface area contributed by atoms with Crippen molar-refractivity contribution in [2.24, 2.45) is 0 Å². The van der Waals surface area contributed by atoms with E-state index in [0.29, 0.717) is 48.9 Å². The van der Waals surface area contributed by atoms with Crippen molar-refractivity contribution in [2.45, 2.75) is 19.5 Å². The summed E-state index contributed by atoms with van der Waals surface area (Å²) < 4.78 is 16.9. The highest BCUT2D eigenvalue weighted by Gasteiger charge is 2.27. The summed E-state index contributed by atoms with van der Waals surface area (Å²) in [7, 11) is 0. The Bertz CT molecular complexity index is 1580. The van der Waals surface area contributed by atoms with Crippen LogP contribution in [0.25, 0.3) is 26.8 Å². The first kappa shape index (κ1) is 22.6. The summed E-state index contributed by atoms with van der Waals surface area (Å²) >= 11 is 1.68. The summed E-state index contributed by atoms with van der Waals surface area (Å²) in [6, 6.07) is 12.8. The number of benzene rings is 2. The Hall–Kier alpha value is -3.89. The molecule has 5 aromatic rings. The largest absolute Gasteiger partial charge is 0.353 e. The molecule has 2 N–H and O–H groups in total. The maximum absolute atomic E-state index is 14.1. The van der Waals surface area contributed by atoms with E-state index >= 15 is 0 Å². The second kappa shape index (κ2) is 9.29. The van der Waals surface area contributed by atoms with Gasteiger partial charge in [-0.3, -0.25) is 4.79 Å². The van der Waals surface area contributed by atoms with E-state index in [4.69, 9.17) is 0 Å². The first-order chi connectivity index (χ1) is 17.6. The summed E-state index contributed by atoms with van der Waals surface area (Å²) in [5, 5.41) is 15.0. The lowest BCUT2D eigenvalue weighted by Crippen LogP contribution is -2.57. The molecule has 36 heavy (non-hydrogen) atoms. The maximum Gasteiger partial charge on any atom is 0.239 e. The zero-order valence-electron chi connectivity index (χ0n) is 19.6. The van der Waals surface area contributed by atoms with E-state index in [9.17, 15) is 9.18 Å². The highest BCUT2D eigenvalue weighted by molar-refractivity contribution is 7.17. The van der Waals surface area contributed by atoms with Gasteiger partial charge in [0.05, 0.1) is 11.1 Å². The van der Waals surface area contributed by atoms with Gasteiger partial charge in [0.2, 0.25) is 5.91 Å². The predicted octanol–water partition coefficient (Wildman–Crippen LogP) is 3.57. The zero-order chi connectivity index (χ0) is 24.6. The van der Waals surface area contributed by atoms with Crippen LogP contribution in [0.15, 0.2) is 60.4 Å². The molecular formula is C26H24FN7OS. The molecule has 6 rings (SSSR count). The molecule has 1 fully saturated rings. The molecule has 0 radical (unpaired) electrons. The van der Waals surface area contributed by atoms with Gasteiger partial charge in [-0.05, 0) is 47.0 Å². The summed E-state index contributed by atoms with van der Waals surface area (Å²) in [6.45, 7) is 4.00. The molecule has 1 aliphatic rings. The second-order valence-electron chi connectivity index (χ2n) is 8.87. The van der Waals surface area contributed by atoms with Crippen molar-refractivity contribution in [3.8, 4) is 5.69 Å². The first-order valence-corrected chi connectivity index (χ1v) is 12.6. The van der Waals surface area contributed by atoms with Crippen LogP contribution >= 0.6 is 11.3 Å². The van der Waals surface area contributed by atoms with Gasteiger partial charge in [-0.25, -0.2) is 19.0 Å². The predicted molar refractivity (Wildman–Crippen MR) is 139 cm³/mol. The topological polar surface area (TPSA) is 88.0 Å². The molecule has 0 aliphatic carbocycles. The first-order valence-electron chi connectivity index (χ1n) is 11.7. The van der Waals surface area contributed by atoms with Gasteiger partial charge in [0.1, 0.15) is 24.0 Å². The molecule has 10 heteroatoms. The minimum atomic E-state index is -0.380. The Labute approximate surface area is 210 Å². The fraction of sp³-hybridized carbons (Fsp3) is 0.231. The minimum absolute atomic E-state index is 0.0499. The molecular weight excluding hydrogens is 477 g/mol. The number of fused-ring (bicyclic) bond motifs is 2. The van der Waals surface area contributed by atoms with Crippen LogP contribution in [0.5, 0.6) is 0 Å². The number of carbonyl (C=O) groups excluding carboxylic acids is 1. The van der Waals surface area contributed by atoms with Crippen LogP contribution in [0, 0.1) is 12.7 Å². The molecule has 3 aromatic heterocycles. The Balaban J connectivity index is 1.20. The maximum atomic E-state index is 14.1. The van der Waals surface area contributed by atoms with Gasteiger partial charge >= 0.3 is 0 Å². The molecule has 1 atom stereocenters. The average molecular weight is 502 g/mol. The molecule has 0 bridgehead atoms. The number of thiophene rings is 1. The summed E-state index contributed by atoms with van der Waals surface area (Å²) in [6.07, 6.45) is 3.29. The number of anilines is 1. The fourth-order valence-corrected chi connectivity index (χ4v) is 5.49. The number of carbonyl (C=O) groups is 1. The number of nitrogens with zero attached hydrogens (tertiary/aromatic N) is 5. The smallest absolute Gasteiger partial charge is 0.239 e. The molecule has 0 spiro atoms. The number of aromatic nitrogens is 4. The number of aryl methyl sites for hydroxylation is 1. The molecule has 1 amide bonds. The molecule has 1 aliphatic heterocycles. The third-order valence-corrected chi connectivity index (χ3v) is 7.53. The third-order valence-electron chi connectivity index (χ3n) is 6.52. The minimum Gasteiger partial charge on any atom is -0.353 e. The quantitative estimate of drug-likeness (QED) is 0.383. The van der Waals surface area contributed by atoms with E-state index in [2.05, 4.69) is 48.1 Å². The van der Waals surface area contributed by atoms with Crippen LogP contribution in [-0.2, 0) is 11.3 Å². The number of piperazine rings is 1. The van der Waals surface area contributed by atoms with Crippen molar-refractivity contribution >= 4 is 44.2 Å². The normalized spacial score (nSPS) is 16.1. The summed E-state index contributed by atoms with van der Waals surface area (Å²) in [5.74, 6) is 0.373. The van der Waals surface area contributed by atoms with Crippen LogP contribution < -0.4 is 15.5 Å². The Morgan fingerprint density at radius 3 is 3.00 bits per heavy atom. The monoisotopic (exact) mass is 501 g/mol. The van der Waals surface area contributed by atoms with Crippen LogP contribution in [0.2, 0.25) is 0 Å². The number of hydrogen-bond acceptors (Lipinski definition) is 7. The Kier molecular flexibility index (Phi) is 5.82. The van der Waals surface area contributed by atoms with E-state index in [1.54, 1.807) is 29.0 Å². The lowest BCUT2D eigenvalue weighted by Gasteiger charge is -2.33. The van der Waals surface area contributed by atoms with Crippen LogP contribution in [0.4, 0.5) is 10.2 Å². The average Bonchev–Trinajstić information content (AvgIpc) is 3.53. The van der Waals surface area contributed by atoms with Gasteiger partial charge in [0.15, 0.2) is 5.65 Å². The third kappa shape index (κ3) is 4.18. The van der Waals surface area contributed by atoms with Gasteiger partial charge in [-0.15, -0.1) is 16.4 Å². The van der Waals surface area contributed by atoms with Crippen molar-refractivity contribution in [2.75, 3.05) is 24.5 Å². The highest BCUT2D eigenvalue weighted by atomic mass is 32.1. The number of halogens is 1. The van der Waals surface area contributed by atoms with Crippen LogP contribution in [0.1, 0.15) is 11.1 Å². The molecule has 4 heterocycles. The van der Waals surface area contributed by atoms with Crippen LogP contribution in [-0.4, -0.2) is 51.3 Å². The molecule has 8 nitrogen and oxygen atoms in total. The van der Waals surface area contributed by atoms with Crippen molar-refractivity contribution in [3.63, 3.8) is 0 Å². The molecule has 1 unspecified atom stereocenters. The van der Waals surface area contributed by atoms with E-state index in [0.717, 1.165) is 10.9 Å². The number of nitrogens with one attached hydrogen (secondary N) is 2. The van der Waals surface area contributed by atoms with E-state index < -0.39 is 0 Å². The van der Waals surface area contributed by atoms with E-state index in [1.165, 1.54) is 22.5 Å². The second-order valence-corrected chi connectivity index (χ2v) is 9.78. The number of amides is 1. The Morgan fingerprint density at radius 2 is 2.11 bits per heavy atom. The SMILES string of the molecule is Cc1ccc(-n2cc3c(N4CCNC(C(=O)NCc5csc6ccccc56)C4)ncnc3n2)cc1F. The van der Waals surface area contributed by atoms with Gasteiger partial charge in [-0.1, -0.05) is 24.3 Å². The van der Waals surface area contributed by atoms with Gasteiger partial charge < -0.3 is 15.5 Å². The van der Waals surface area contributed by atoms with Crippen molar-refractivity contribution in [1.29, 1.82) is 0 Å². The van der Waals surface area contributed by atoms with Gasteiger partial charge in [0, 0.05) is 37.1 Å². The number of hydrogen-bond donors (Lipinski definition) is 2. The highest BCUT2D eigenvalue weighted by Crippen LogP contribution is 2.26. The number of rotatable bonds is 5.